The van der Waals surface area contributed by atoms with Crippen LogP contribution in [0.3, 0.4) is 0 Å². The van der Waals surface area contributed by atoms with Crippen molar-refractivity contribution in [3.63, 3.8) is 0 Å². The topological polar surface area (TPSA) is 91.8 Å². The van der Waals surface area contributed by atoms with Crippen LogP contribution in [0.15, 0.2) is 101 Å². The number of ether oxygens (including phenoxy) is 1. The molecule has 1 atom stereocenters. The van der Waals surface area contributed by atoms with Crippen molar-refractivity contribution in [3.05, 3.63) is 102 Å². The van der Waals surface area contributed by atoms with E-state index in [2.05, 4.69) is 16.0 Å². The molecule has 0 saturated carbocycles. The zero-order valence-corrected chi connectivity index (χ0v) is 20.3. The molecule has 0 unspecified atom stereocenters. The van der Waals surface area contributed by atoms with Gasteiger partial charge in [0, 0.05) is 17.1 Å². The van der Waals surface area contributed by atoms with Gasteiger partial charge in [0.05, 0.1) is 18.4 Å². The van der Waals surface area contributed by atoms with E-state index in [1.54, 1.807) is 31.4 Å². The summed E-state index contributed by atoms with van der Waals surface area (Å²) >= 11 is 1.29. The Morgan fingerprint density at radius 3 is 2.20 bits per heavy atom. The molecular weight excluding hydrogens is 460 g/mol. The van der Waals surface area contributed by atoms with Crippen molar-refractivity contribution in [3.8, 4) is 5.75 Å². The van der Waals surface area contributed by atoms with Gasteiger partial charge in [0.25, 0.3) is 5.91 Å². The molecule has 4 rings (SSSR count). The highest BCUT2D eigenvalue weighted by molar-refractivity contribution is 8.14. The number of amidine groups is 1. The Balaban J connectivity index is 1.48. The van der Waals surface area contributed by atoms with E-state index in [0.717, 1.165) is 11.3 Å². The first-order valence-electron chi connectivity index (χ1n) is 11.1. The molecule has 3 aromatic rings. The molecule has 35 heavy (non-hydrogen) atoms. The van der Waals surface area contributed by atoms with Gasteiger partial charge in [-0.3, -0.25) is 9.59 Å². The average Bonchev–Trinajstić information content (AvgIpc) is 2.88. The van der Waals surface area contributed by atoms with E-state index in [9.17, 15) is 9.59 Å². The quantitative estimate of drug-likeness (QED) is 0.438. The summed E-state index contributed by atoms with van der Waals surface area (Å²) in [5, 5.41) is 9.61. The number of hydrogen-bond donors (Lipinski definition) is 3. The molecule has 8 heteroatoms. The number of nitrogens with zero attached hydrogens (tertiary/aromatic N) is 1. The number of methoxy groups -OCH3 is 1. The third kappa shape index (κ3) is 6.30. The van der Waals surface area contributed by atoms with E-state index >= 15 is 0 Å². The highest BCUT2D eigenvalue weighted by Gasteiger charge is 2.29. The first kappa shape index (κ1) is 24.1. The van der Waals surface area contributed by atoms with Gasteiger partial charge in [0.2, 0.25) is 5.91 Å². The summed E-state index contributed by atoms with van der Waals surface area (Å²) in [6.07, 6.45) is 0. The van der Waals surface area contributed by atoms with Crippen molar-refractivity contribution in [2.75, 3.05) is 23.5 Å². The van der Waals surface area contributed by atoms with Crippen LogP contribution in [0, 0.1) is 0 Å². The van der Waals surface area contributed by atoms with Gasteiger partial charge >= 0.3 is 0 Å². The highest BCUT2D eigenvalue weighted by Crippen LogP contribution is 2.33. The van der Waals surface area contributed by atoms with Crippen LogP contribution in [0.1, 0.15) is 18.5 Å². The molecule has 7 nitrogen and oxygen atoms in total. The number of nitrogens with one attached hydrogen (secondary N) is 3. The van der Waals surface area contributed by atoms with Crippen molar-refractivity contribution in [2.45, 2.75) is 13.0 Å². The lowest BCUT2D eigenvalue weighted by atomic mass is 9.96. The van der Waals surface area contributed by atoms with Crippen molar-refractivity contribution in [1.29, 1.82) is 0 Å². The van der Waals surface area contributed by atoms with E-state index in [4.69, 9.17) is 9.73 Å². The van der Waals surface area contributed by atoms with Gasteiger partial charge in [-0.05, 0) is 48.9 Å². The smallest absolute Gasteiger partial charge is 0.255 e. The van der Waals surface area contributed by atoms with E-state index in [-0.39, 0.29) is 17.6 Å². The van der Waals surface area contributed by atoms with Gasteiger partial charge < -0.3 is 20.7 Å². The van der Waals surface area contributed by atoms with Gasteiger partial charge in [-0.15, -0.1) is 0 Å². The number of para-hydroxylation sites is 1. The second kappa shape index (κ2) is 11.4. The Labute approximate surface area is 208 Å². The van der Waals surface area contributed by atoms with Crippen LogP contribution < -0.4 is 20.7 Å². The second-order valence-corrected chi connectivity index (χ2v) is 8.76. The molecule has 0 spiro atoms. The summed E-state index contributed by atoms with van der Waals surface area (Å²) in [6, 6.07) is 25.6. The third-order valence-electron chi connectivity index (χ3n) is 5.32. The van der Waals surface area contributed by atoms with Crippen molar-refractivity contribution in [1.82, 2.24) is 5.32 Å². The molecule has 1 aliphatic rings. The van der Waals surface area contributed by atoms with Crippen LogP contribution in [0.2, 0.25) is 0 Å². The summed E-state index contributed by atoms with van der Waals surface area (Å²) in [5.41, 5.74) is 3.52. The van der Waals surface area contributed by atoms with E-state index in [1.165, 1.54) is 11.8 Å². The highest BCUT2D eigenvalue weighted by atomic mass is 32.2. The Bertz CT molecular complexity index is 1240. The molecule has 1 aliphatic heterocycles. The van der Waals surface area contributed by atoms with Gasteiger partial charge in [-0.25, -0.2) is 4.99 Å². The molecule has 0 aromatic heterocycles. The number of rotatable bonds is 7. The van der Waals surface area contributed by atoms with Crippen LogP contribution >= 0.6 is 11.8 Å². The summed E-state index contributed by atoms with van der Waals surface area (Å²) in [4.78, 5) is 30.5. The first-order valence-corrected chi connectivity index (χ1v) is 12.1. The minimum Gasteiger partial charge on any atom is -0.497 e. The summed E-state index contributed by atoms with van der Waals surface area (Å²) < 4.78 is 5.14. The normalized spacial score (nSPS) is 15.0. The van der Waals surface area contributed by atoms with E-state index < -0.39 is 6.04 Å². The van der Waals surface area contributed by atoms with Crippen LogP contribution in [0.5, 0.6) is 5.75 Å². The molecule has 0 fully saturated rings. The number of allylic oxidation sites excluding steroid dienone is 1. The Hall–Kier alpha value is -4.04. The lowest BCUT2D eigenvalue weighted by Gasteiger charge is -2.26. The molecular formula is C27H26N4O3S. The SMILES string of the molecule is COc1ccc(NC(=O)CSC2=N[C@H](c3ccccc3)C(C(=O)Nc3ccccc3)=C(C)N2)cc1. The van der Waals surface area contributed by atoms with Crippen LogP contribution in [-0.2, 0) is 9.59 Å². The number of carbonyl (C=O) groups is 2. The largest absolute Gasteiger partial charge is 0.497 e. The minimum atomic E-state index is -0.492. The molecule has 0 bridgehead atoms. The standard InChI is InChI=1S/C27H26N4O3S/c1-18-24(26(33)30-20-11-7-4-8-12-20)25(19-9-5-3-6-10-19)31-27(28-18)35-17-23(32)29-21-13-15-22(34-2)16-14-21/h3-16,25H,17H2,1-2H3,(H,28,31)(H,29,32)(H,30,33)/t25-/m1/s1. The zero-order chi connectivity index (χ0) is 24.6. The molecule has 0 saturated heterocycles. The van der Waals surface area contributed by atoms with Gasteiger partial charge in [0.1, 0.15) is 11.8 Å². The molecule has 2 amide bonds. The number of anilines is 2. The maximum Gasteiger partial charge on any atom is 0.255 e. The second-order valence-electron chi connectivity index (χ2n) is 7.80. The van der Waals surface area contributed by atoms with Crippen molar-refractivity contribution in [2.24, 2.45) is 4.99 Å². The Morgan fingerprint density at radius 2 is 1.54 bits per heavy atom. The number of thioether (sulfide) groups is 1. The molecule has 1 heterocycles. The zero-order valence-electron chi connectivity index (χ0n) is 19.4. The monoisotopic (exact) mass is 486 g/mol. The Kier molecular flexibility index (Phi) is 7.84. The molecule has 3 N–H and O–H groups in total. The predicted molar refractivity (Wildman–Crippen MR) is 142 cm³/mol. The lowest BCUT2D eigenvalue weighted by molar-refractivity contribution is -0.114. The molecule has 178 valence electrons. The number of carbonyl (C=O) groups excluding carboxylic acids is 2. The van der Waals surface area contributed by atoms with Crippen LogP contribution in [0.25, 0.3) is 0 Å². The summed E-state index contributed by atoms with van der Waals surface area (Å²) in [5.74, 6) is 0.507. The maximum atomic E-state index is 13.2. The van der Waals surface area contributed by atoms with Gasteiger partial charge in [-0.1, -0.05) is 60.3 Å². The fourth-order valence-electron chi connectivity index (χ4n) is 3.62. The van der Waals surface area contributed by atoms with Crippen molar-refractivity contribution < 1.29 is 14.3 Å². The number of amides is 2. The summed E-state index contributed by atoms with van der Waals surface area (Å²) in [6.45, 7) is 1.85. The van der Waals surface area contributed by atoms with E-state index in [1.807, 2.05) is 67.6 Å². The lowest BCUT2D eigenvalue weighted by Crippen LogP contribution is -2.32. The Morgan fingerprint density at radius 1 is 0.914 bits per heavy atom. The van der Waals surface area contributed by atoms with Crippen LogP contribution in [-0.4, -0.2) is 29.8 Å². The average molecular weight is 487 g/mol. The minimum absolute atomic E-state index is 0.157. The number of aliphatic imine (C=N–C) groups is 1. The fraction of sp³-hybridized carbons (Fsp3) is 0.148. The third-order valence-corrected chi connectivity index (χ3v) is 6.21. The maximum absolute atomic E-state index is 13.2. The van der Waals surface area contributed by atoms with Gasteiger partial charge in [0.15, 0.2) is 5.17 Å². The predicted octanol–water partition coefficient (Wildman–Crippen LogP) is 4.98. The molecule has 0 radical (unpaired) electrons. The summed E-state index contributed by atoms with van der Waals surface area (Å²) in [7, 11) is 1.60. The van der Waals surface area contributed by atoms with Gasteiger partial charge in [-0.2, -0.15) is 0 Å². The van der Waals surface area contributed by atoms with Crippen molar-refractivity contribution >= 4 is 40.1 Å². The first-order chi connectivity index (χ1) is 17.0. The molecule has 0 aliphatic carbocycles. The fourth-order valence-corrected chi connectivity index (χ4v) is 4.36. The molecule has 3 aromatic carbocycles. The number of benzene rings is 3. The number of hydrogen-bond acceptors (Lipinski definition) is 6. The van der Waals surface area contributed by atoms with E-state index in [0.29, 0.717) is 27.8 Å². The van der Waals surface area contributed by atoms with Crippen LogP contribution in [0.4, 0.5) is 11.4 Å².